The van der Waals surface area contributed by atoms with Crippen LogP contribution in [0.5, 0.6) is 0 Å². The zero-order valence-corrected chi connectivity index (χ0v) is 15.5. The van der Waals surface area contributed by atoms with Crippen molar-refractivity contribution in [3.63, 3.8) is 0 Å². The minimum Gasteiger partial charge on any atom is -0.348 e. The Balaban J connectivity index is 1.65. The maximum absolute atomic E-state index is 12.5. The van der Waals surface area contributed by atoms with E-state index in [1.807, 2.05) is 48.5 Å². The molecule has 0 spiro atoms. The minimum atomic E-state index is -0.594. The lowest BCUT2D eigenvalue weighted by Crippen LogP contribution is -2.37. The molecule has 0 fully saturated rings. The number of carbonyl (C=O) groups excluding carboxylic acids is 1. The van der Waals surface area contributed by atoms with Crippen LogP contribution < -0.4 is 16.6 Å². The van der Waals surface area contributed by atoms with Crippen molar-refractivity contribution in [3.05, 3.63) is 105 Å². The number of aromatic nitrogens is 2. The zero-order valence-electron chi connectivity index (χ0n) is 15.5. The van der Waals surface area contributed by atoms with E-state index < -0.39 is 11.2 Å². The molecule has 144 valence electrons. The Bertz CT molecular complexity index is 1010. The van der Waals surface area contributed by atoms with Crippen molar-refractivity contribution >= 4 is 5.91 Å². The molecule has 3 aromatic rings. The largest absolute Gasteiger partial charge is 0.348 e. The molecule has 0 radical (unpaired) electrons. The number of nitrogens with zero attached hydrogens (tertiary/aromatic N) is 1. The van der Waals surface area contributed by atoms with Gasteiger partial charge in [-0.25, -0.2) is 4.79 Å². The molecule has 1 aromatic heterocycles. The summed E-state index contributed by atoms with van der Waals surface area (Å²) in [5.41, 5.74) is 1.21. The monoisotopic (exact) mass is 377 g/mol. The van der Waals surface area contributed by atoms with E-state index in [1.54, 1.807) is 0 Å². The maximum Gasteiger partial charge on any atom is 0.328 e. The van der Waals surface area contributed by atoms with Gasteiger partial charge in [-0.2, -0.15) is 0 Å². The molecule has 3 rings (SSSR count). The molecular formula is C22H23N3O3. The van der Waals surface area contributed by atoms with Gasteiger partial charge in [0.1, 0.15) is 6.54 Å². The predicted octanol–water partition coefficient (Wildman–Crippen LogP) is 2.42. The molecule has 2 N–H and O–H groups in total. The van der Waals surface area contributed by atoms with E-state index in [4.69, 9.17) is 0 Å². The number of hydrogen-bond acceptors (Lipinski definition) is 3. The Morgan fingerprint density at radius 3 is 2.32 bits per heavy atom. The number of amides is 1. The predicted molar refractivity (Wildman–Crippen MR) is 108 cm³/mol. The summed E-state index contributed by atoms with van der Waals surface area (Å²) in [5.74, 6) is -0.275. The summed E-state index contributed by atoms with van der Waals surface area (Å²) in [6.45, 7) is -0.141. The van der Waals surface area contributed by atoms with Crippen molar-refractivity contribution in [1.82, 2.24) is 14.9 Å². The van der Waals surface area contributed by atoms with Crippen molar-refractivity contribution in [2.45, 2.75) is 31.8 Å². The van der Waals surface area contributed by atoms with E-state index in [2.05, 4.69) is 22.4 Å². The van der Waals surface area contributed by atoms with Crippen molar-refractivity contribution < 1.29 is 4.79 Å². The highest BCUT2D eigenvalue weighted by Crippen LogP contribution is 2.19. The lowest BCUT2D eigenvalue weighted by Gasteiger charge is -2.19. The smallest absolute Gasteiger partial charge is 0.328 e. The van der Waals surface area contributed by atoms with Crippen LogP contribution in [0.3, 0.4) is 0 Å². The number of aryl methyl sites for hydroxylation is 1. The van der Waals surface area contributed by atoms with Gasteiger partial charge in [0.2, 0.25) is 5.91 Å². The second-order valence-corrected chi connectivity index (χ2v) is 6.65. The summed E-state index contributed by atoms with van der Waals surface area (Å²) >= 11 is 0. The van der Waals surface area contributed by atoms with Crippen LogP contribution in [-0.4, -0.2) is 15.5 Å². The summed E-state index contributed by atoms with van der Waals surface area (Å²) in [5, 5.41) is 3.02. The molecule has 1 atom stereocenters. The lowest BCUT2D eigenvalue weighted by molar-refractivity contribution is -0.122. The van der Waals surface area contributed by atoms with E-state index >= 15 is 0 Å². The van der Waals surface area contributed by atoms with E-state index in [-0.39, 0.29) is 18.5 Å². The first-order chi connectivity index (χ1) is 13.6. The number of carbonyl (C=O) groups is 1. The zero-order chi connectivity index (χ0) is 19.8. The SMILES string of the molecule is O=C(Cn1ccc(=O)[nH]c1=O)N[C@H](CCCc1ccccc1)c1ccccc1. The summed E-state index contributed by atoms with van der Waals surface area (Å²) in [6, 6.07) is 21.1. The van der Waals surface area contributed by atoms with Crippen LogP contribution >= 0.6 is 0 Å². The molecular weight excluding hydrogens is 354 g/mol. The molecule has 0 aliphatic heterocycles. The third-order valence-electron chi connectivity index (χ3n) is 4.55. The molecule has 28 heavy (non-hydrogen) atoms. The highest BCUT2D eigenvalue weighted by Gasteiger charge is 2.15. The molecule has 6 nitrogen and oxygen atoms in total. The van der Waals surface area contributed by atoms with Crippen LogP contribution in [0.15, 0.2) is 82.5 Å². The number of hydrogen-bond donors (Lipinski definition) is 2. The molecule has 0 aliphatic rings. The van der Waals surface area contributed by atoms with Crippen molar-refractivity contribution in [1.29, 1.82) is 0 Å². The maximum atomic E-state index is 12.5. The average Bonchev–Trinajstić information content (AvgIpc) is 2.71. The number of rotatable bonds is 8. The van der Waals surface area contributed by atoms with Gasteiger partial charge in [-0.3, -0.25) is 19.1 Å². The van der Waals surface area contributed by atoms with Crippen LogP contribution in [-0.2, 0) is 17.8 Å². The molecule has 0 bridgehead atoms. The summed E-state index contributed by atoms with van der Waals surface area (Å²) in [4.78, 5) is 37.6. The van der Waals surface area contributed by atoms with Crippen LogP contribution in [0.25, 0.3) is 0 Å². The Hall–Kier alpha value is -3.41. The van der Waals surface area contributed by atoms with Crippen molar-refractivity contribution in [2.75, 3.05) is 0 Å². The molecule has 0 unspecified atom stereocenters. The normalized spacial score (nSPS) is 11.7. The fourth-order valence-corrected chi connectivity index (χ4v) is 3.13. The van der Waals surface area contributed by atoms with Gasteiger partial charge in [-0.15, -0.1) is 0 Å². The van der Waals surface area contributed by atoms with Gasteiger partial charge >= 0.3 is 5.69 Å². The first kappa shape index (κ1) is 19.4. The van der Waals surface area contributed by atoms with E-state index in [1.165, 1.54) is 22.4 Å². The van der Waals surface area contributed by atoms with Crippen LogP contribution in [0.4, 0.5) is 0 Å². The number of H-pyrrole nitrogens is 1. The Morgan fingerprint density at radius 2 is 1.64 bits per heavy atom. The standard InChI is InChI=1S/C22H23N3O3/c26-20-14-15-25(22(28)24-20)16-21(27)23-19(18-11-5-2-6-12-18)13-7-10-17-8-3-1-4-9-17/h1-6,8-9,11-12,14-15,19H,7,10,13,16H2,(H,23,27)(H,24,26,28)/t19-/m1/s1. The van der Waals surface area contributed by atoms with Gasteiger partial charge in [-0.05, 0) is 30.4 Å². The molecule has 0 saturated carbocycles. The first-order valence-corrected chi connectivity index (χ1v) is 9.30. The lowest BCUT2D eigenvalue weighted by atomic mass is 9.99. The van der Waals surface area contributed by atoms with Gasteiger partial charge in [0.15, 0.2) is 0 Å². The third kappa shape index (κ3) is 5.54. The fraction of sp³-hybridized carbons (Fsp3) is 0.227. The number of nitrogens with one attached hydrogen (secondary N) is 2. The van der Waals surface area contributed by atoms with Gasteiger partial charge in [0.25, 0.3) is 5.56 Å². The second kappa shape index (κ2) is 9.50. The number of benzene rings is 2. The summed E-state index contributed by atoms with van der Waals surface area (Å²) < 4.78 is 1.18. The van der Waals surface area contributed by atoms with Crippen LogP contribution in [0, 0.1) is 0 Å². The fourth-order valence-electron chi connectivity index (χ4n) is 3.13. The minimum absolute atomic E-state index is 0.141. The third-order valence-corrected chi connectivity index (χ3v) is 4.55. The average molecular weight is 377 g/mol. The van der Waals surface area contributed by atoms with E-state index in [0.29, 0.717) is 0 Å². The van der Waals surface area contributed by atoms with Gasteiger partial charge in [0.05, 0.1) is 6.04 Å². The Kier molecular flexibility index (Phi) is 6.57. The van der Waals surface area contributed by atoms with Crippen molar-refractivity contribution in [3.8, 4) is 0 Å². The van der Waals surface area contributed by atoms with E-state index in [9.17, 15) is 14.4 Å². The van der Waals surface area contributed by atoms with Crippen molar-refractivity contribution in [2.24, 2.45) is 0 Å². The highest BCUT2D eigenvalue weighted by atomic mass is 16.2. The van der Waals surface area contributed by atoms with Gasteiger partial charge in [-0.1, -0.05) is 60.7 Å². The Morgan fingerprint density at radius 1 is 0.964 bits per heavy atom. The van der Waals surface area contributed by atoms with Gasteiger partial charge < -0.3 is 5.32 Å². The van der Waals surface area contributed by atoms with E-state index in [0.717, 1.165) is 24.8 Å². The molecule has 1 amide bonds. The molecule has 0 aliphatic carbocycles. The molecule has 6 heteroatoms. The Labute approximate surface area is 162 Å². The second-order valence-electron chi connectivity index (χ2n) is 6.65. The molecule has 2 aromatic carbocycles. The quantitative estimate of drug-likeness (QED) is 0.632. The topological polar surface area (TPSA) is 84.0 Å². The van der Waals surface area contributed by atoms with Crippen LogP contribution in [0.1, 0.15) is 30.0 Å². The summed E-state index contributed by atoms with van der Waals surface area (Å²) in [7, 11) is 0. The van der Waals surface area contributed by atoms with Gasteiger partial charge in [0, 0.05) is 12.3 Å². The summed E-state index contributed by atoms with van der Waals surface area (Å²) in [6.07, 6.45) is 3.96. The highest BCUT2D eigenvalue weighted by molar-refractivity contribution is 5.76. The molecule has 0 saturated heterocycles. The molecule has 1 heterocycles. The number of aromatic amines is 1. The first-order valence-electron chi connectivity index (χ1n) is 9.30. The van der Waals surface area contributed by atoms with Crippen LogP contribution in [0.2, 0.25) is 0 Å².